The second kappa shape index (κ2) is 12.6. The summed E-state index contributed by atoms with van der Waals surface area (Å²) < 4.78 is 4.88. The Morgan fingerprint density at radius 2 is 1.65 bits per heavy atom. The van der Waals surface area contributed by atoms with Gasteiger partial charge in [0.05, 0.1) is 18.6 Å². The van der Waals surface area contributed by atoms with Crippen LogP contribution in [0, 0.1) is 5.41 Å². The highest BCUT2D eigenvalue weighted by Gasteiger charge is 2.28. The molecule has 0 saturated carbocycles. The summed E-state index contributed by atoms with van der Waals surface area (Å²) in [5.41, 5.74) is -0.420. The standard InChI is InChI=1S/C10H18O4.C6H10/c1-4-10(5-11,6-12)7-14-9(13)8(2)3;1-3-5-6-4-2/h11-12H,2,4-7H2,1,3H3;3-4H,1-2,5-6H2. The minimum absolute atomic E-state index is 0.0161. The zero-order valence-corrected chi connectivity index (χ0v) is 12.7. The maximum Gasteiger partial charge on any atom is 0.333 e. The molecule has 0 aromatic rings. The maximum absolute atomic E-state index is 11.1. The van der Waals surface area contributed by atoms with E-state index in [0.29, 0.717) is 12.0 Å². The Morgan fingerprint density at radius 3 is 1.90 bits per heavy atom. The van der Waals surface area contributed by atoms with E-state index in [4.69, 9.17) is 14.9 Å². The lowest BCUT2D eigenvalue weighted by Gasteiger charge is -2.27. The van der Waals surface area contributed by atoms with Crippen LogP contribution in [-0.2, 0) is 9.53 Å². The number of hydrogen-bond donors (Lipinski definition) is 2. The van der Waals surface area contributed by atoms with Crippen LogP contribution in [0.25, 0.3) is 0 Å². The Labute approximate surface area is 122 Å². The van der Waals surface area contributed by atoms with Crippen molar-refractivity contribution in [2.75, 3.05) is 19.8 Å². The van der Waals surface area contributed by atoms with Gasteiger partial charge in [-0.15, -0.1) is 13.2 Å². The van der Waals surface area contributed by atoms with Gasteiger partial charge >= 0.3 is 5.97 Å². The maximum atomic E-state index is 11.1. The molecule has 4 nitrogen and oxygen atoms in total. The van der Waals surface area contributed by atoms with E-state index in [1.54, 1.807) is 6.92 Å². The monoisotopic (exact) mass is 284 g/mol. The van der Waals surface area contributed by atoms with Crippen molar-refractivity contribution in [1.82, 2.24) is 0 Å². The molecule has 0 aromatic carbocycles. The quantitative estimate of drug-likeness (QED) is 0.296. The molecule has 0 aliphatic heterocycles. The molecule has 20 heavy (non-hydrogen) atoms. The highest BCUT2D eigenvalue weighted by molar-refractivity contribution is 5.86. The molecular formula is C16H28O4. The minimum Gasteiger partial charge on any atom is -0.462 e. The second-order valence-electron chi connectivity index (χ2n) is 4.68. The van der Waals surface area contributed by atoms with Crippen LogP contribution in [0.2, 0.25) is 0 Å². The van der Waals surface area contributed by atoms with Crippen LogP contribution in [0.1, 0.15) is 33.1 Å². The van der Waals surface area contributed by atoms with Gasteiger partial charge in [0.25, 0.3) is 0 Å². The molecule has 0 radical (unpaired) electrons. The van der Waals surface area contributed by atoms with Crippen molar-refractivity contribution in [2.24, 2.45) is 5.41 Å². The molecule has 0 amide bonds. The van der Waals surface area contributed by atoms with Crippen molar-refractivity contribution in [2.45, 2.75) is 33.1 Å². The van der Waals surface area contributed by atoms with Crippen LogP contribution in [0.4, 0.5) is 0 Å². The van der Waals surface area contributed by atoms with Crippen molar-refractivity contribution in [3.05, 3.63) is 37.5 Å². The average Bonchev–Trinajstić information content (AvgIpc) is 2.47. The zero-order valence-electron chi connectivity index (χ0n) is 12.7. The van der Waals surface area contributed by atoms with Crippen molar-refractivity contribution in [1.29, 1.82) is 0 Å². The summed E-state index contributed by atoms with van der Waals surface area (Å²) in [6.07, 6.45) is 6.44. The van der Waals surface area contributed by atoms with Gasteiger partial charge in [-0.2, -0.15) is 0 Å². The van der Waals surface area contributed by atoms with Gasteiger partial charge in [0, 0.05) is 5.57 Å². The van der Waals surface area contributed by atoms with E-state index < -0.39 is 11.4 Å². The molecule has 0 bridgehead atoms. The number of hydrogen-bond acceptors (Lipinski definition) is 4. The van der Waals surface area contributed by atoms with Gasteiger partial charge in [0.15, 0.2) is 0 Å². The fourth-order valence-corrected chi connectivity index (χ4v) is 1.04. The number of ether oxygens (including phenoxy) is 1. The lowest BCUT2D eigenvalue weighted by molar-refractivity contribution is -0.145. The summed E-state index contributed by atoms with van der Waals surface area (Å²) in [7, 11) is 0. The molecule has 116 valence electrons. The molecule has 0 aliphatic carbocycles. The van der Waals surface area contributed by atoms with Crippen LogP contribution < -0.4 is 0 Å². The number of aliphatic hydroxyl groups is 2. The second-order valence-corrected chi connectivity index (χ2v) is 4.68. The fraction of sp³-hybridized carbons (Fsp3) is 0.562. The van der Waals surface area contributed by atoms with Crippen molar-refractivity contribution in [3.8, 4) is 0 Å². The van der Waals surface area contributed by atoms with Gasteiger partial charge in [0.1, 0.15) is 6.61 Å². The SMILES string of the molecule is C=C(C)C(=O)OCC(CC)(CO)CO.C=CCCC=C. The van der Waals surface area contributed by atoms with E-state index in [1.165, 1.54) is 0 Å². The Bertz CT molecular complexity index is 287. The highest BCUT2D eigenvalue weighted by Crippen LogP contribution is 2.21. The number of unbranched alkanes of at least 4 members (excludes halogenated alkanes) is 1. The molecule has 0 unspecified atom stereocenters. The fourth-order valence-electron chi connectivity index (χ4n) is 1.04. The van der Waals surface area contributed by atoms with Gasteiger partial charge in [-0.1, -0.05) is 25.7 Å². The lowest BCUT2D eigenvalue weighted by Crippen LogP contribution is -2.35. The third kappa shape index (κ3) is 9.53. The Balaban J connectivity index is 0. The van der Waals surface area contributed by atoms with Crippen LogP contribution in [0.15, 0.2) is 37.5 Å². The molecule has 0 aromatic heterocycles. The predicted octanol–water partition coefficient (Wildman–Crippen LogP) is 2.63. The van der Waals surface area contributed by atoms with Gasteiger partial charge in [0.2, 0.25) is 0 Å². The van der Waals surface area contributed by atoms with Gasteiger partial charge < -0.3 is 14.9 Å². The molecule has 0 rings (SSSR count). The summed E-state index contributed by atoms with van der Waals surface area (Å²) in [6.45, 7) is 13.5. The number of rotatable bonds is 9. The Morgan fingerprint density at radius 1 is 1.20 bits per heavy atom. The first kappa shape index (κ1) is 20.9. The smallest absolute Gasteiger partial charge is 0.333 e. The first-order chi connectivity index (χ1) is 9.42. The summed E-state index contributed by atoms with van der Waals surface area (Å²) in [5, 5.41) is 18.1. The summed E-state index contributed by atoms with van der Waals surface area (Å²) in [6, 6.07) is 0. The molecule has 0 atom stereocenters. The van der Waals surface area contributed by atoms with Crippen LogP contribution in [0.3, 0.4) is 0 Å². The molecule has 0 aliphatic rings. The third-order valence-corrected chi connectivity index (χ3v) is 2.85. The largest absolute Gasteiger partial charge is 0.462 e. The molecule has 0 saturated heterocycles. The number of carbonyl (C=O) groups excluding carboxylic acids is 1. The van der Waals surface area contributed by atoms with Crippen molar-refractivity contribution in [3.63, 3.8) is 0 Å². The Kier molecular flexibility index (Phi) is 13.2. The average molecular weight is 284 g/mol. The highest BCUT2D eigenvalue weighted by atomic mass is 16.5. The summed E-state index contributed by atoms with van der Waals surface area (Å²) in [5.74, 6) is -0.496. The van der Waals surface area contributed by atoms with Crippen LogP contribution >= 0.6 is 0 Å². The van der Waals surface area contributed by atoms with E-state index >= 15 is 0 Å². The number of esters is 1. The normalized spacial score (nSPS) is 10.0. The summed E-state index contributed by atoms with van der Waals surface area (Å²) >= 11 is 0. The summed E-state index contributed by atoms with van der Waals surface area (Å²) in [4.78, 5) is 11.1. The van der Waals surface area contributed by atoms with Crippen molar-refractivity contribution >= 4 is 5.97 Å². The molecule has 4 heteroatoms. The molecule has 2 N–H and O–H groups in total. The van der Waals surface area contributed by atoms with E-state index in [2.05, 4.69) is 19.7 Å². The molecule has 0 heterocycles. The lowest BCUT2D eigenvalue weighted by atomic mass is 9.88. The minimum atomic E-state index is -0.731. The van der Waals surface area contributed by atoms with E-state index in [0.717, 1.165) is 12.8 Å². The molecule has 0 spiro atoms. The van der Waals surface area contributed by atoms with Crippen molar-refractivity contribution < 1.29 is 19.7 Å². The Hall–Kier alpha value is -1.39. The number of carbonyl (C=O) groups is 1. The van der Waals surface area contributed by atoms with Gasteiger partial charge in [-0.05, 0) is 26.2 Å². The number of allylic oxidation sites excluding steroid dienone is 2. The molecular weight excluding hydrogens is 256 g/mol. The van der Waals surface area contributed by atoms with E-state index in [9.17, 15) is 4.79 Å². The third-order valence-electron chi connectivity index (χ3n) is 2.85. The van der Waals surface area contributed by atoms with Crippen LogP contribution in [-0.4, -0.2) is 36.0 Å². The first-order valence-electron chi connectivity index (χ1n) is 6.69. The zero-order chi connectivity index (χ0) is 16.0. The molecule has 0 fully saturated rings. The van der Waals surface area contributed by atoms with E-state index in [-0.39, 0.29) is 19.8 Å². The first-order valence-corrected chi connectivity index (χ1v) is 6.69. The number of aliphatic hydroxyl groups excluding tert-OH is 2. The van der Waals surface area contributed by atoms with Gasteiger partial charge in [-0.25, -0.2) is 4.79 Å². The predicted molar refractivity (Wildman–Crippen MR) is 82.3 cm³/mol. The van der Waals surface area contributed by atoms with Gasteiger partial charge in [-0.3, -0.25) is 0 Å². The van der Waals surface area contributed by atoms with E-state index in [1.807, 2.05) is 19.1 Å². The van der Waals surface area contributed by atoms with Crippen LogP contribution in [0.5, 0.6) is 0 Å². The topological polar surface area (TPSA) is 66.8 Å².